The summed E-state index contributed by atoms with van der Waals surface area (Å²) in [5.74, 6) is 0. The minimum atomic E-state index is 0. The molecule has 0 fully saturated rings. The van der Waals surface area contributed by atoms with Gasteiger partial charge in [0.1, 0.15) is 0 Å². The van der Waals surface area contributed by atoms with Crippen LogP contribution in [0.4, 0.5) is 0 Å². The van der Waals surface area contributed by atoms with Crippen molar-refractivity contribution in [3.05, 3.63) is 0 Å². The maximum absolute atomic E-state index is 2.15. The van der Waals surface area contributed by atoms with Crippen LogP contribution in [0, 0.1) is 0 Å². The van der Waals surface area contributed by atoms with Crippen molar-refractivity contribution in [1.82, 2.24) is 0 Å². The zero-order valence-corrected chi connectivity index (χ0v) is 9.74. The van der Waals surface area contributed by atoms with Crippen LogP contribution in [-0.2, 0) is 0 Å². The van der Waals surface area contributed by atoms with Crippen molar-refractivity contribution in [2.45, 2.75) is 0 Å². The van der Waals surface area contributed by atoms with Crippen LogP contribution in [0.2, 0.25) is 0 Å². The van der Waals surface area contributed by atoms with Gasteiger partial charge in [-0.25, -0.2) is 0 Å². The molecule has 0 N–H and O–H groups in total. The molecule has 18 valence electrons. The molecule has 4 heteroatoms. The van der Waals surface area contributed by atoms with Gasteiger partial charge in [0.15, 0.2) is 0 Å². The van der Waals surface area contributed by atoms with Gasteiger partial charge in [-0.3, -0.25) is 0 Å². The second-order valence-corrected chi connectivity index (χ2v) is 0. The molecule has 0 aliphatic carbocycles. The van der Waals surface area contributed by atoms with Gasteiger partial charge in [0, 0.05) is 0 Å². The summed E-state index contributed by atoms with van der Waals surface area (Å²) in [5.41, 5.74) is 0. The van der Waals surface area contributed by atoms with E-state index in [1.165, 1.54) is 0 Å². The maximum atomic E-state index is 2.15. The molecule has 0 aromatic heterocycles. The van der Waals surface area contributed by atoms with E-state index in [0.717, 1.165) is 0 Å². The Kier molecular flexibility index (Phi) is 61.9. The van der Waals surface area contributed by atoms with Crippen molar-refractivity contribution in [3.63, 3.8) is 0 Å². The van der Waals surface area contributed by atoms with Gasteiger partial charge in [0.2, 0.25) is 0 Å². The minimum absolute atomic E-state index is 0. The average molecular weight is 386 g/mol. The Balaban J connectivity index is -0.00000000500. The number of hydrogen-bond donors (Lipinski definition) is 0. The van der Waals surface area contributed by atoms with E-state index >= 15 is 0 Å². The molecule has 0 bridgehead atoms. The summed E-state index contributed by atoms with van der Waals surface area (Å²) in [6.07, 6.45) is 0. The van der Waals surface area contributed by atoms with Gasteiger partial charge in [-0.2, -0.15) is 0 Å². The SMILES string of the molecule is [BiH3].[KH].[Li][I]. The molecule has 0 aromatic carbocycles. The van der Waals surface area contributed by atoms with Crippen LogP contribution in [0.1, 0.15) is 0 Å². The molecule has 0 aromatic rings. The molecular weight excluding hydrogens is 382 g/mol. The van der Waals surface area contributed by atoms with E-state index in [4.69, 9.17) is 0 Å². The predicted octanol–water partition coefficient (Wildman–Crippen LogP) is -1.33. The third-order valence-electron chi connectivity index (χ3n) is 0. The van der Waals surface area contributed by atoms with Crippen LogP contribution >= 0.6 is 19.9 Å². The van der Waals surface area contributed by atoms with E-state index in [0.29, 0.717) is 0 Å². The first-order valence-electron chi connectivity index (χ1n) is 0.378. The summed E-state index contributed by atoms with van der Waals surface area (Å²) in [4.78, 5) is 0. The molecule has 4 heavy (non-hydrogen) atoms. The van der Waals surface area contributed by atoms with Crippen molar-refractivity contribution in [1.29, 1.82) is 0 Å². The van der Waals surface area contributed by atoms with Gasteiger partial charge in [-0.15, -0.1) is 0 Å². The van der Waals surface area contributed by atoms with Gasteiger partial charge in [0.25, 0.3) is 0 Å². The topological polar surface area (TPSA) is 0 Å². The number of halogens is 1. The number of rotatable bonds is 0. The molecule has 0 spiro atoms. The van der Waals surface area contributed by atoms with E-state index in [-0.39, 0.29) is 77.6 Å². The first kappa shape index (κ1) is 15.7. The van der Waals surface area contributed by atoms with E-state index in [9.17, 15) is 0 Å². The molecule has 0 unspecified atom stereocenters. The Morgan fingerprint density at radius 3 is 1.25 bits per heavy atom. The Bertz CT molecular complexity index is 8.00. The third-order valence-corrected chi connectivity index (χ3v) is 0. The van der Waals surface area contributed by atoms with Gasteiger partial charge in [-0.1, -0.05) is 0 Å². The fraction of sp³-hybridized carbons (Fsp3) is 0. The van der Waals surface area contributed by atoms with Crippen LogP contribution in [0.3, 0.4) is 0 Å². The van der Waals surface area contributed by atoms with Gasteiger partial charge >= 0.3 is 112 Å². The Morgan fingerprint density at radius 1 is 1.25 bits per heavy atom. The van der Waals surface area contributed by atoms with E-state index in [1.807, 2.05) is 14.3 Å². The van der Waals surface area contributed by atoms with E-state index in [1.54, 1.807) is 0 Å². The molecular formula is H4BiIKLi. The molecule has 0 saturated heterocycles. The third kappa shape index (κ3) is 9.28. The Labute approximate surface area is 108 Å². The predicted molar refractivity (Wildman–Crippen MR) is 36.9 cm³/mol. The van der Waals surface area contributed by atoms with E-state index in [2.05, 4.69) is 19.9 Å². The number of hydrogen-bond acceptors (Lipinski definition) is 0. The fourth-order valence-electron chi connectivity index (χ4n) is 0. The quantitative estimate of drug-likeness (QED) is 0.358. The standard InChI is InChI=1S/Bi.HI.K.Li.4H/h;1H;;;;;;/q;;;+1;;;;/p-1. The molecule has 0 saturated carbocycles. The second kappa shape index (κ2) is 15.8. The van der Waals surface area contributed by atoms with Crippen LogP contribution < -0.4 is 0 Å². The summed E-state index contributed by atoms with van der Waals surface area (Å²) in [5, 5.41) is 0. The summed E-state index contributed by atoms with van der Waals surface area (Å²) in [6.45, 7) is 0. The van der Waals surface area contributed by atoms with Gasteiger partial charge in [0.05, 0.1) is 0 Å². The molecule has 0 aliphatic rings. The van der Waals surface area contributed by atoms with Crippen LogP contribution in [0.15, 0.2) is 0 Å². The average Bonchev–Trinajstić information content (AvgIpc) is 1.00. The monoisotopic (exact) mass is 386 g/mol. The van der Waals surface area contributed by atoms with Gasteiger partial charge < -0.3 is 0 Å². The normalized spacial score (nSPS) is 1.75. The van der Waals surface area contributed by atoms with Crippen LogP contribution in [0.25, 0.3) is 0 Å². The van der Waals surface area contributed by atoms with Crippen molar-refractivity contribution >= 4 is 112 Å². The van der Waals surface area contributed by atoms with Crippen LogP contribution in [0.5, 0.6) is 0 Å². The van der Waals surface area contributed by atoms with Crippen LogP contribution in [-0.4, -0.2) is 91.9 Å². The molecule has 0 rings (SSSR count). The van der Waals surface area contributed by atoms with Crippen molar-refractivity contribution < 1.29 is 0 Å². The van der Waals surface area contributed by atoms with E-state index < -0.39 is 0 Å². The van der Waals surface area contributed by atoms with Crippen molar-refractivity contribution in [2.24, 2.45) is 0 Å². The molecule has 0 aliphatic heterocycles. The van der Waals surface area contributed by atoms with Gasteiger partial charge in [-0.05, 0) is 0 Å². The Morgan fingerprint density at radius 2 is 1.25 bits per heavy atom. The summed E-state index contributed by atoms with van der Waals surface area (Å²) in [7, 11) is 0. The summed E-state index contributed by atoms with van der Waals surface area (Å²) >= 11 is 4.12. The van der Waals surface area contributed by atoms with Crippen molar-refractivity contribution in [2.75, 3.05) is 0 Å². The summed E-state index contributed by atoms with van der Waals surface area (Å²) in [6, 6.07) is 0. The first-order valence-corrected chi connectivity index (χ1v) is 2.54. The molecule has 0 atom stereocenters. The second-order valence-electron chi connectivity index (χ2n) is 0. The van der Waals surface area contributed by atoms with Crippen molar-refractivity contribution in [3.8, 4) is 0 Å². The zero-order chi connectivity index (χ0) is 2.00. The molecule has 0 heterocycles. The first-order chi connectivity index (χ1) is 1.00. The molecule has 0 radical (unpaired) electrons. The Hall–Kier alpha value is 3.85. The molecule has 0 nitrogen and oxygen atoms in total. The zero-order valence-electron chi connectivity index (χ0n) is 2.09. The fourth-order valence-corrected chi connectivity index (χ4v) is 0. The summed E-state index contributed by atoms with van der Waals surface area (Å²) < 4.78 is 0. The molecule has 0 amide bonds.